The predicted octanol–water partition coefficient (Wildman–Crippen LogP) is 7.23. The first-order valence-electron chi connectivity index (χ1n) is 13.3. The van der Waals surface area contributed by atoms with Crippen molar-refractivity contribution < 1.29 is 0 Å². The largest absolute Gasteiger partial charge is 0.308 e. The average molecular weight is 499 g/mol. The molecule has 0 bridgehead atoms. The Bertz CT molecular complexity index is 1740. The monoisotopic (exact) mass is 498 g/mol. The van der Waals surface area contributed by atoms with Crippen molar-refractivity contribution in [3.05, 3.63) is 112 Å². The number of hydrogen-bond acceptors (Lipinski definition) is 3. The lowest BCUT2D eigenvalue weighted by Crippen LogP contribution is -2.35. The maximum Gasteiger partial charge on any atom is 0.160 e. The number of hydrogen-bond donors (Lipinski definition) is 0. The molecule has 0 radical (unpaired) electrons. The van der Waals surface area contributed by atoms with Gasteiger partial charge in [-0.3, -0.25) is 0 Å². The van der Waals surface area contributed by atoms with Gasteiger partial charge in [0.05, 0.1) is 13.6 Å². The quantitative estimate of drug-likeness (QED) is 0.246. The number of imidazole rings is 1. The van der Waals surface area contributed by atoms with Crippen LogP contribution < -0.4 is 4.48 Å². The van der Waals surface area contributed by atoms with Crippen molar-refractivity contribution in [2.24, 2.45) is 0 Å². The van der Waals surface area contributed by atoms with E-state index in [0.29, 0.717) is 10.0 Å². The van der Waals surface area contributed by atoms with Gasteiger partial charge in [-0.15, -0.1) is 0 Å². The van der Waals surface area contributed by atoms with E-state index in [4.69, 9.17) is 9.97 Å². The van der Waals surface area contributed by atoms with Crippen LogP contribution in [0.5, 0.6) is 0 Å². The summed E-state index contributed by atoms with van der Waals surface area (Å²) in [5, 5.41) is 10.0. The zero-order valence-electron chi connectivity index (χ0n) is 22.5. The second-order valence-electron chi connectivity index (χ2n) is 10.4. The summed E-state index contributed by atoms with van der Waals surface area (Å²) >= 11 is 0. The summed E-state index contributed by atoms with van der Waals surface area (Å²) in [5.41, 5.74) is 12.2. The molecule has 0 aliphatic carbocycles. The van der Waals surface area contributed by atoms with E-state index >= 15 is 0 Å². The number of quaternary nitrogens is 1. The summed E-state index contributed by atoms with van der Waals surface area (Å²) in [6.07, 6.45) is 2.77. The van der Waals surface area contributed by atoms with E-state index in [9.17, 15) is 5.26 Å². The number of para-hydroxylation sites is 2. The SMILES string of the molecule is CCc1nc2c(C)cc(C)nc2n1Cc1ccc2c(c1)CCc1ccccc1[N+]2(C)c1ccccc1C#N. The van der Waals surface area contributed by atoms with Crippen LogP contribution in [0.4, 0.5) is 17.1 Å². The Hall–Kier alpha value is -4.27. The van der Waals surface area contributed by atoms with Crippen molar-refractivity contribution in [1.82, 2.24) is 19.0 Å². The third-order valence-corrected chi connectivity index (χ3v) is 8.03. The number of aryl methyl sites for hydroxylation is 5. The topological polar surface area (TPSA) is 54.5 Å². The third kappa shape index (κ3) is 3.72. The Balaban J connectivity index is 1.52. The molecule has 5 aromatic rings. The number of benzene rings is 3. The summed E-state index contributed by atoms with van der Waals surface area (Å²) in [4.78, 5) is 9.83. The molecule has 0 saturated carbocycles. The van der Waals surface area contributed by atoms with Crippen LogP contribution in [0, 0.1) is 25.2 Å². The minimum Gasteiger partial charge on any atom is -0.308 e. The van der Waals surface area contributed by atoms with Gasteiger partial charge < -0.3 is 4.57 Å². The molecule has 38 heavy (non-hydrogen) atoms. The fraction of sp³-hybridized carbons (Fsp3) is 0.242. The molecular weight excluding hydrogens is 466 g/mol. The molecule has 1 atom stereocenters. The van der Waals surface area contributed by atoms with E-state index in [2.05, 4.69) is 86.1 Å². The van der Waals surface area contributed by atoms with Gasteiger partial charge in [0.2, 0.25) is 0 Å². The number of nitriles is 1. The van der Waals surface area contributed by atoms with Gasteiger partial charge in [-0.25, -0.2) is 14.5 Å². The first-order chi connectivity index (χ1) is 18.4. The highest BCUT2D eigenvalue weighted by molar-refractivity contribution is 5.79. The van der Waals surface area contributed by atoms with Crippen LogP contribution in [-0.2, 0) is 25.8 Å². The summed E-state index contributed by atoms with van der Waals surface area (Å²) in [7, 11) is 2.23. The smallest absolute Gasteiger partial charge is 0.160 e. The fourth-order valence-electron chi connectivity index (χ4n) is 6.22. The molecule has 5 nitrogen and oxygen atoms in total. The van der Waals surface area contributed by atoms with Crippen molar-refractivity contribution >= 4 is 28.2 Å². The maximum absolute atomic E-state index is 10.0. The van der Waals surface area contributed by atoms with Crippen LogP contribution in [0.15, 0.2) is 72.8 Å². The van der Waals surface area contributed by atoms with Gasteiger partial charge in [0.15, 0.2) is 11.3 Å². The zero-order valence-corrected chi connectivity index (χ0v) is 22.5. The van der Waals surface area contributed by atoms with E-state index in [1.54, 1.807) is 0 Å². The summed E-state index contributed by atoms with van der Waals surface area (Å²) < 4.78 is 2.76. The molecule has 0 saturated heterocycles. The van der Waals surface area contributed by atoms with Crippen LogP contribution >= 0.6 is 0 Å². The third-order valence-electron chi connectivity index (χ3n) is 8.03. The fourth-order valence-corrected chi connectivity index (χ4v) is 6.22. The van der Waals surface area contributed by atoms with Gasteiger partial charge >= 0.3 is 0 Å². The van der Waals surface area contributed by atoms with Gasteiger partial charge in [-0.2, -0.15) is 5.26 Å². The van der Waals surface area contributed by atoms with Crippen molar-refractivity contribution in [3.8, 4) is 6.07 Å². The van der Waals surface area contributed by atoms with Crippen molar-refractivity contribution in [2.45, 2.75) is 46.6 Å². The van der Waals surface area contributed by atoms with Gasteiger partial charge in [0.1, 0.15) is 34.3 Å². The average Bonchev–Trinajstić information content (AvgIpc) is 3.22. The van der Waals surface area contributed by atoms with Crippen molar-refractivity contribution in [3.63, 3.8) is 0 Å². The van der Waals surface area contributed by atoms with E-state index < -0.39 is 0 Å². The molecular formula is C33H32N5+. The van der Waals surface area contributed by atoms with Crippen LogP contribution in [0.25, 0.3) is 11.2 Å². The van der Waals surface area contributed by atoms with Crippen LogP contribution in [0.3, 0.4) is 0 Å². The molecule has 188 valence electrons. The molecule has 0 fully saturated rings. The van der Waals surface area contributed by atoms with E-state index in [-0.39, 0.29) is 0 Å². The molecule has 2 aromatic heterocycles. The predicted molar refractivity (Wildman–Crippen MR) is 154 cm³/mol. The van der Waals surface area contributed by atoms with E-state index in [1.807, 2.05) is 25.1 Å². The van der Waals surface area contributed by atoms with Gasteiger partial charge in [-0.05, 0) is 56.0 Å². The molecule has 0 amide bonds. The first-order valence-corrected chi connectivity index (χ1v) is 13.3. The highest BCUT2D eigenvalue weighted by atomic mass is 15.4. The summed E-state index contributed by atoms with van der Waals surface area (Å²) in [6.45, 7) is 7.05. The Morgan fingerprint density at radius 1 is 0.868 bits per heavy atom. The molecule has 3 aromatic carbocycles. The Morgan fingerprint density at radius 3 is 2.37 bits per heavy atom. The number of nitrogens with zero attached hydrogens (tertiary/aromatic N) is 5. The first kappa shape index (κ1) is 24.1. The number of pyridine rings is 1. The molecule has 3 heterocycles. The van der Waals surface area contributed by atoms with Crippen LogP contribution in [0.2, 0.25) is 0 Å². The molecule has 0 N–H and O–H groups in total. The highest BCUT2D eigenvalue weighted by Crippen LogP contribution is 2.48. The minimum absolute atomic E-state index is 0.476. The van der Waals surface area contributed by atoms with Crippen LogP contribution in [-0.4, -0.2) is 21.6 Å². The summed E-state index contributed by atoms with van der Waals surface area (Å²) in [6, 6.07) is 28.1. The molecule has 1 aliphatic heterocycles. The lowest BCUT2D eigenvalue weighted by molar-refractivity contribution is 0.622. The molecule has 1 aliphatic rings. The Kier molecular flexibility index (Phi) is 5.86. The van der Waals surface area contributed by atoms with Gasteiger partial charge in [0, 0.05) is 41.4 Å². The molecule has 5 heteroatoms. The van der Waals surface area contributed by atoms with Crippen molar-refractivity contribution in [1.29, 1.82) is 5.26 Å². The second-order valence-corrected chi connectivity index (χ2v) is 10.4. The van der Waals surface area contributed by atoms with E-state index in [1.165, 1.54) is 33.6 Å². The molecule has 6 rings (SSSR count). The highest BCUT2D eigenvalue weighted by Gasteiger charge is 2.39. The van der Waals surface area contributed by atoms with Gasteiger partial charge in [-0.1, -0.05) is 43.3 Å². The summed E-state index contributed by atoms with van der Waals surface area (Å²) in [5.74, 6) is 1.06. The van der Waals surface area contributed by atoms with Crippen molar-refractivity contribution in [2.75, 3.05) is 7.05 Å². The lowest BCUT2D eigenvalue weighted by Gasteiger charge is -2.35. The van der Waals surface area contributed by atoms with Gasteiger partial charge in [0.25, 0.3) is 0 Å². The number of aromatic nitrogens is 3. The van der Waals surface area contributed by atoms with Crippen LogP contribution in [0.1, 0.15) is 46.3 Å². The number of rotatable bonds is 4. The standard InChI is InChI=1S/C33H32N5/c1-5-31-36-32-22(2)18-23(3)35-33(32)37(31)21-24-14-17-30-26(19-24)16-15-25-10-6-8-12-28(25)38(30,4)29-13-9-7-11-27(29)20-34/h6-14,17-19H,5,15-16,21H2,1-4H3/q+1. The molecule has 0 spiro atoms. The second kappa shape index (κ2) is 9.24. The normalized spacial score (nSPS) is 16.5. The minimum atomic E-state index is 0.476. The Labute approximate surface area is 224 Å². The number of fused-ring (bicyclic) bond motifs is 3. The van der Waals surface area contributed by atoms with E-state index in [0.717, 1.165) is 54.2 Å². The molecule has 1 unspecified atom stereocenters. The Morgan fingerprint density at radius 2 is 1.58 bits per heavy atom. The zero-order chi connectivity index (χ0) is 26.4. The lowest BCUT2D eigenvalue weighted by atomic mass is 10.0. The maximum atomic E-state index is 10.0.